The molecule has 0 aliphatic carbocycles. The minimum Gasteiger partial charge on any atom is -0.352 e. The molecule has 2 nitrogen and oxygen atoms in total. The largest absolute Gasteiger partial charge is 0.352 e. The zero-order valence-corrected chi connectivity index (χ0v) is 12.6. The molecule has 0 aromatic heterocycles. The second kappa shape index (κ2) is 9.21. The number of halogens is 2. The third kappa shape index (κ3) is 6.83. The number of carbonyl (C=O) groups excluding carboxylic acids is 1. The van der Waals surface area contributed by atoms with E-state index in [0.29, 0.717) is 13.0 Å². The summed E-state index contributed by atoms with van der Waals surface area (Å²) in [6.07, 6.45) is 2.90. The summed E-state index contributed by atoms with van der Waals surface area (Å²) < 4.78 is 12.9. The molecule has 0 saturated heterocycles. The zero-order valence-electron chi connectivity index (χ0n) is 11.0. The summed E-state index contributed by atoms with van der Waals surface area (Å²) in [4.78, 5) is 11.6. The van der Waals surface area contributed by atoms with Gasteiger partial charge in [0.05, 0.1) is 5.02 Å². The molecule has 0 saturated carbocycles. The van der Waals surface area contributed by atoms with Crippen molar-refractivity contribution in [2.45, 2.75) is 32.7 Å². The highest BCUT2D eigenvalue weighted by atomic mass is 35.5. The number of benzene rings is 1. The van der Waals surface area contributed by atoms with Gasteiger partial charge in [-0.15, -0.1) is 0 Å². The van der Waals surface area contributed by atoms with Gasteiger partial charge in [0, 0.05) is 18.7 Å². The van der Waals surface area contributed by atoms with Crippen LogP contribution in [0.5, 0.6) is 0 Å². The number of hydrogen-bond donors (Lipinski definition) is 1. The molecule has 0 heterocycles. The first-order valence-electron chi connectivity index (χ1n) is 6.42. The number of carbonyl (C=O) groups is 1. The van der Waals surface area contributed by atoms with Crippen molar-refractivity contribution in [1.29, 1.82) is 0 Å². The van der Waals surface area contributed by atoms with Crippen molar-refractivity contribution in [3.8, 4) is 0 Å². The van der Waals surface area contributed by atoms with Crippen molar-refractivity contribution < 1.29 is 9.18 Å². The minimum absolute atomic E-state index is 0.0180. The average molecular weight is 304 g/mol. The first-order chi connectivity index (χ1) is 9.13. The maximum atomic E-state index is 12.9. The van der Waals surface area contributed by atoms with Crippen LogP contribution in [0.25, 0.3) is 0 Å². The molecular formula is C14H19ClFNOS. The van der Waals surface area contributed by atoms with Gasteiger partial charge in [-0.25, -0.2) is 4.39 Å². The van der Waals surface area contributed by atoms with Gasteiger partial charge in [0.1, 0.15) is 5.82 Å². The van der Waals surface area contributed by atoms with Crippen LogP contribution in [0.15, 0.2) is 18.2 Å². The first kappa shape index (κ1) is 16.3. The van der Waals surface area contributed by atoms with Gasteiger partial charge in [0.15, 0.2) is 0 Å². The van der Waals surface area contributed by atoms with E-state index in [1.807, 2.05) is 0 Å². The third-order valence-electron chi connectivity index (χ3n) is 2.59. The van der Waals surface area contributed by atoms with E-state index < -0.39 is 5.82 Å². The maximum absolute atomic E-state index is 12.9. The van der Waals surface area contributed by atoms with E-state index in [1.165, 1.54) is 25.0 Å². The molecule has 1 amide bonds. The molecule has 0 bridgehead atoms. The third-order valence-corrected chi connectivity index (χ3v) is 3.95. The summed E-state index contributed by atoms with van der Waals surface area (Å²) in [6.45, 7) is 2.54. The van der Waals surface area contributed by atoms with Crippen LogP contribution in [0.1, 0.15) is 31.7 Å². The number of unbranched alkanes of at least 4 members (excludes halogenated alkanes) is 1. The summed E-state index contributed by atoms with van der Waals surface area (Å²) in [5.41, 5.74) is 0.804. The van der Waals surface area contributed by atoms with Crippen molar-refractivity contribution >= 4 is 29.3 Å². The molecule has 0 spiro atoms. The van der Waals surface area contributed by atoms with Crippen LogP contribution < -0.4 is 5.32 Å². The highest BCUT2D eigenvalue weighted by Gasteiger charge is 2.04. The number of nitrogens with one attached hydrogen (secondary N) is 1. The van der Waals surface area contributed by atoms with E-state index in [0.717, 1.165) is 17.1 Å². The standard InChI is InChI=1S/C14H19ClFNOS/c1-2-3-7-19-8-6-14(18)17-10-11-4-5-13(16)12(15)9-11/h4-5,9H,2-3,6-8,10H2,1H3,(H,17,18). The molecule has 0 radical (unpaired) electrons. The Morgan fingerprint density at radius 2 is 2.21 bits per heavy atom. The number of amides is 1. The van der Waals surface area contributed by atoms with Crippen molar-refractivity contribution in [2.24, 2.45) is 0 Å². The predicted molar refractivity (Wildman–Crippen MR) is 80.1 cm³/mol. The van der Waals surface area contributed by atoms with Gasteiger partial charge in [-0.2, -0.15) is 11.8 Å². The molecule has 1 rings (SSSR count). The number of hydrogen-bond acceptors (Lipinski definition) is 2. The Hall–Kier alpha value is -0.740. The van der Waals surface area contributed by atoms with Crippen LogP contribution in [-0.2, 0) is 11.3 Å². The summed E-state index contributed by atoms with van der Waals surface area (Å²) in [6, 6.07) is 4.47. The lowest BCUT2D eigenvalue weighted by Gasteiger charge is -2.06. The van der Waals surface area contributed by atoms with Gasteiger partial charge in [-0.3, -0.25) is 4.79 Å². The lowest BCUT2D eigenvalue weighted by Crippen LogP contribution is -2.23. The first-order valence-corrected chi connectivity index (χ1v) is 7.95. The SMILES string of the molecule is CCCCSCCC(=O)NCc1ccc(F)c(Cl)c1. The van der Waals surface area contributed by atoms with Crippen LogP contribution in [0, 0.1) is 5.82 Å². The molecule has 1 aromatic carbocycles. The molecule has 1 aromatic rings. The van der Waals surface area contributed by atoms with Crippen molar-refractivity contribution in [3.05, 3.63) is 34.6 Å². The Kier molecular flexibility index (Phi) is 7.91. The summed E-state index contributed by atoms with van der Waals surface area (Å²) in [7, 11) is 0. The van der Waals surface area contributed by atoms with Crippen LogP contribution >= 0.6 is 23.4 Å². The van der Waals surface area contributed by atoms with Crippen LogP contribution in [-0.4, -0.2) is 17.4 Å². The molecule has 0 fully saturated rings. The van der Waals surface area contributed by atoms with E-state index in [1.54, 1.807) is 17.8 Å². The van der Waals surface area contributed by atoms with Gasteiger partial charge in [-0.1, -0.05) is 31.0 Å². The Balaban J connectivity index is 2.20. The monoisotopic (exact) mass is 303 g/mol. The molecule has 0 aliphatic heterocycles. The minimum atomic E-state index is -0.441. The van der Waals surface area contributed by atoms with Crippen molar-refractivity contribution in [1.82, 2.24) is 5.32 Å². The Bertz CT molecular complexity index is 414. The topological polar surface area (TPSA) is 29.1 Å². The number of thioether (sulfide) groups is 1. The second-order valence-electron chi connectivity index (χ2n) is 4.24. The Morgan fingerprint density at radius 3 is 2.89 bits per heavy atom. The molecular weight excluding hydrogens is 285 g/mol. The van der Waals surface area contributed by atoms with Crippen LogP contribution in [0.3, 0.4) is 0 Å². The predicted octanol–water partition coefficient (Wildman–Crippen LogP) is 4.02. The van der Waals surface area contributed by atoms with Crippen LogP contribution in [0.4, 0.5) is 4.39 Å². The van der Waals surface area contributed by atoms with Gasteiger partial charge in [-0.05, 0) is 29.9 Å². The summed E-state index contributed by atoms with van der Waals surface area (Å²) >= 11 is 7.47. The highest BCUT2D eigenvalue weighted by Crippen LogP contribution is 2.15. The molecule has 0 atom stereocenters. The molecule has 0 unspecified atom stereocenters. The highest BCUT2D eigenvalue weighted by molar-refractivity contribution is 7.99. The fraction of sp³-hybridized carbons (Fsp3) is 0.500. The van der Waals surface area contributed by atoms with E-state index in [4.69, 9.17) is 11.6 Å². The zero-order chi connectivity index (χ0) is 14.1. The van der Waals surface area contributed by atoms with E-state index in [-0.39, 0.29) is 10.9 Å². The lowest BCUT2D eigenvalue weighted by atomic mass is 10.2. The second-order valence-corrected chi connectivity index (χ2v) is 5.87. The van der Waals surface area contributed by atoms with Crippen molar-refractivity contribution in [3.63, 3.8) is 0 Å². The Labute approximate surface area is 123 Å². The maximum Gasteiger partial charge on any atom is 0.221 e. The van der Waals surface area contributed by atoms with E-state index in [2.05, 4.69) is 12.2 Å². The Morgan fingerprint density at radius 1 is 1.42 bits per heavy atom. The molecule has 19 heavy (non-hydrogen) atoms. The molecule has 106 valence electrons. The fourth-order valence-electron chi connectivity index (χ4n) is 1.45. The molecule has 1 N–H and O–H groups in total. The lowest BCUT2D eigenvalue weighted by molar-refractivity contribution is -0.120. The summed E-state index contributed by atoms with van der Waals surface area (Å²) in [5.74, 6) is 1.53. The summed E-state index contributed by atoms with van der Waals surface area (Å²) in [5, 5.41) is 2.89. The van der Waals surface area contributed by atoms with Gasteiger partial charge in [0.2, 0.25) is 5.91 Å². The molecule has 5 heteroatoms. The van der Waals surface area contributed by atoms with Crippen molar-refractivity contribution in [2.75, 3.05) is 11.5 Å². The smallest absolute Gasteiger partial charge is 0.221 e. The van der Waals surface area contributed by atoms with Gasteiger partial charge >= 0.3 is 0 Å². The van der Waals surface area contributed by atoms with Gasteiger partial charge in [0.25, 0.3) is 0 Å². The van der Waals surface area contributed by atoms with Gasteiger partial charge < -0.3 is 5.32 Å². The normalized spacial score (nSPS) is 10.5. The average Bonchev–Trinajstić information content (AvgIpc) is 2.40. The van der Waals surface area contributed by atoms with E-state index >= 15 is 0 Å². The fourth-order valence-corrected chi connectivity index (χ4v) is 2.68. The quantitative estimate of drug-likeness (QED) is 0.735. The molecule has 0 aliphatic rings. The number of rotatable bonds is 8. The van der Waals surface area contributed by atoms with Crippen LogP contribution in [0.2, 0.25) is 5.02 Å². The van der Waals surface area contributed by atoms with E-state index in [9.17, 15) is 9.18 Å².